The molecular formula is C26H30ClN3O. The molecule has 2 aromatic carbocycles. The molecule has 0 aliphatic carbocycles. The van der Waals surface area contributed by atoms with Crippen LogP contribution in [0.5, 0.6) is 0 Å². The van der Waals surface area contributed by atoms with E-state index < -0.39 is 5.91 Å². The molecule has 1 amide bonds. The molecule has 1 unspecified atom stereocenters. The van der Waals surface area contributed by atoms with Crippen LogP contribution < -0.4 is 10.2 Å². The van der Waals surface area contributed by atoms with Crippen molar-refractivity contribution >= 4 is 35.0 Å². The predicted molar refractivity (Wildman–Crippen MR) is 130 cm³/mol. The van der Waals surface area contributed by atoms with Crippen LogP contribution in [0.3, 0.4) is 0 Å². The monoisotopic (exact) mass is 435 g/mol. The average molecular weight is 436 g/mol. The van der Waals surface area contributed by atoms with Crippen molar-refractivity contribution in [2.45, 2.75) is 59.4 Å². The number of rotatable bonds is 4. The number of carbonyl (C=O) groups is 1. The number of halogens is 1. The first kappa shape index (κ1) is 22.9. The summed E-state index contributed by atoms with van der Waals surface area (Å²) in [4.78, 5) is 15.1. The Morgan fingerprint density at radius 2 is 2.00 bits per heavy atom. The number of aryl methyl sites for hydroxylation is 2. The number of fused-ring (bicyclic) bond motifs is 1. The highest BCUT2D eigenvalue weighted by Crippen LogP contribution is 2.45. The summed E-state index contributed by atoms with van der Waals surface area (Å²) < 4.78 is 0. The van der Waals surface area contributed by atoms with Crippen molar-refractivity contribution in [2.24, 2.45) is 0 Å². The maximum atomic E-state index is 12.7. The number of hydrogen-bond acceptors (Lipinski definition) is 3. The van der Waals surface area contributed by atoms with Gasteiger partial charge in [0.25, 0.3) is 5.91 Å². The summed E-state index contributed by atoms with van der Waals surface area (Å²) in [5, 5.41) is 13.0. The minimum Gasteiger partial charge on any atom is -0.366 e. The number of anilines is 2. The van der Waals surface area contributed by atoms with E-state index in [-0.39, 0.29) is 11.1 Å². The third kappa shape index (κ3) is 4.62. The minimum atomic E-state index is -0.441. The summed E-state index contributed by atoms with van der Waals surface area (Å²) in [6, 6.07) is 11.7. The topological polar surface area (TPSA) is 56.1 Å². The highest BCUT2D eigenvalue weighted by molar-refractivity contribution is 6.32. The van der Waals surface area contributed by atoms with Gasteiger partial charge in [-0.2, -0.15) is 5.26 Å². The van der Waals surface area contributed by atoms with E-state index in [0.29, 0.717) is 22.2 Å². The number of nitrogens with one attached hydrogen (secondary N) is 1. The van der Waals surface area contributed by atoms with Crippen LogP contribution in [-0.4, -0.2) is 18.0 Å². The van der Waals surface area contributed by atoms with Crippen molar-refractivity contribution in [3.8, 4) is 6.07 Å². The van der Waals surface area contributed by atoms with Gasteiger partial charge in [-0.3, -0.25) is 4.79 Å². The maximum Gasteiger partial charge on any atom is 0.266 e. The summed E-state index contributed by atoms with van der Waals surface area (Å²) in [6.07, 6.45) is 2.61. The second-order valence-corrected chi connectivity index (χ2v) is 9.42. The molecule has 0 aromatic heterocycles. The number of amides is 1. The van der Waals surface area contributed by atoms with Gasteiger partial charge in [-0.1, -0.05) is 24.6 Å². The molecule has 0 radical (unpaired) electrons. The molecule has 0 spiro atoms. The standard InChI is InChI=1S/C26H30ClN3O/c1-7-30-24-13-23(27)19(12-22(24)18(4)14-26(30,5)6)11-20(15-28)25(31)29-21-9-8-16(2)17(3)10-21/h8-13,18H,7,14H2,1-6H3,(H,29,31)/b20-11+. The van der Waals surface area contributed by atoms with Crippen LogP contribution in [0.15, 0.2) is 35.9 Å². The molecule has 162 valence electrons. The number of benzene rings is 2. The van der Waals surface area contributed by atoms with Gasteiger partial charge in [0, 0.05) is 28.5 Å². The Morgan fingerprint density at radius 1 is 1.29 bits per heavy atom. The summed E-state index contributed by atoms with van der Waals surface area (Å²) in [5.41, 5.74) is 5.98. The van der Waals surface area contributed by atoms with Crippen molar-refractivity contribution in [1.29, 1.82) is 5.26 Å². The van der Waals surface area contributed by atoms with Crippen LogP contribution in [0.1, 0.15) is 62.3 Å². The normalized spacial score (nSPS) is 17.7. The third-order valence-electron chi connectivity index (χ3n) is 6.25. The highest BCUT2D eigenvalue weighted by atomic mass is 35.5. The van der Waals surface area contributed by atoms with Gasteiger partial charge in [0.1, 0.15) is 11.6 Å². The van der Waals surface area contributed by atoms with Gasteiger partial charge in [0.2, 0.25) is 0 Å². The van der Waals surface area contributed by atoms with E-state index in [1.165, 1.54) is 5.56 Å². The molecule has 0 saturated heterocycles. The van der Waals surface area contributed by atoms with Crippen LogP contribution in [0.2, 0.25) is 5.02 Å². The Bertz CT molecular complexity index is 1090. The average Bonchev–Trinajstić information content (AvgIpc) is 2.69. The molecule has 1 heterocycles. The van der Waals surface area contributed by atoms with Gasteiger partial charge >= 0.3 is 0 Å². The molecule has 1 aliphatic heterocycles. The van der Waals surface area contributed by atoms with Crippen molar-refractivity contribution in [1.82, 2.24) is 0 Å². The van der Waals surface area contributed by atoms with E-state index in [4.69, 9.17) is 11.6 Å². The van der Waals surface area contributed by atoms with Crippen LogP contribution in [0, 0.1) is 25.2 Å². The molecule has 2 aromatic rings. The zero-order valence-electron chi connectivity index (χ0n) is 19.1. The van der Waals surface area contributed by atoms with E-state index in [0.717, 1.165) is 29.8 Å². The Labute approximate surface area is 190 Å². The zero-order valence-corrected chi connectivity index (χ0v) is 19.9. The van der Waals surface area contributed by atoms with Crippen LogP contribution in [-0.2, 0) is 4.79 Å². The molecule has 31 heavy (non-hydrogen) atoms. The molecule has 1 N–H and O–H groups in total. The lowest BCUT2D eigenvalue weighted by Gasteiger charge is -2.47. The lowest BCUT2D eigenvalue weighted by Crippen LogP contribution is -2.48. The molecule has 4 nitrogen and oxygen atoms in total. The fraction of sp³-hybridized carbons (Fsp3) is 0.385. The molecule has 0 bridgehead atoms. The van der Waals surface area contributed by atoms with Crippen molar-refractivity contribution < 1.29 is 4.79 Å². The zero-order chi connectivity index (χ0) is 22.9. The molecule has 0 saturated carbocycles. The van der Waals surface area contributed by atoms with E-state index in [1.807, 2.05) is 50.2 Å². The number of nitriles is 1. The van der Waals surface area contributed by atoms with Gasteiger partial charge in [0.05, 0.1) is 0 Å². The fourth-order valence-electron chi connectivity index (χ4n) is 4.55. The molecule has 1 atom stereocenters. The van der Waals surface area contributed by atoms with E-state index in [2.05, 4.69) is 37.9 Å². The second-order valence-electron chi connectivity index (χ2n) is 9.02. The first-order chi connectivity index (χ1) is 14.6. The van der Waals surface area contributed by atoms with Crippen LogP contribution in [0.25, 0.3) is 6.08 Å². The SMILES string of the molecule is CCN1c2cc(Cl)c(/C=C(\C#N)C(=O)Nc3ccc(C)c(C)c3)cc2C(C)CC1(C)C. The van der Waals surface area contributed by atoms with E-state index in [1.54, 1.807) is 6.08 Å². The quantitative estimate of drug-likeness (QED) is 0.434. The first-order valence-corrected chi connectivity index (χ1v) is 11.1. The van der Waals surface area contributed by atoms with Gasteiger partial charge in [-0.25, -0.2) is 0 Å². The summed E-state index contributed by atoms with van der Waals surface area (Å²) in [7, 11) is 0. The maximum absolute atomic E-state index is 12.7. The first-order valence-electron chi connectivity index (χ1n) is 10.7. The molecule has 5 heteroatoms. The van der Waals surface area contributed by atoms with E-state index >= 15 is 0 Å². The van der Waals surface area contributed by atoms with Gasteiger partial charge in [-0.05, 0) is 99.6 Å². The summed E-state index contributed by atoms with van der Waals surface area (Å²) in [5.74, 6) is -0.0870. The lowest BCUT2D eigenvalue weighted by molar-refractivity contribution is -0.112. The lowest BCUT2D eigenvalue weighted by atomic mass is 9.79. The predicted octanol–water partition coefficient (Wildman–Crippen LogP) is 6.61. The van der Waals surface area contributed by atoms with Crippen molar-refractivity contribution in [3.63, 3.8) is 0 Å². The van der Waals surface area contributed by atoms with Crippen molar-refractivity contribution in [3.05, 3.63) is 63.2 Å². The minimum absolute atomic E-state index is 0.0243. The second kappa shape index (κ2) is 8.77. The Balaban J connectivity index is 1.96. The molecule has 1 aliphatic rings. The molecule has 3 rings (SSSR count). The van der Waals surface area contributed by atoms with Gasteiger partial charge < -0.3 is 10.2 Å². The van der Waals surface area contributed by atoms with E-state index in [9.17, 15) is 10.1 Å². The number of carbonyl (C=O) groups excluding carboxylic acids is 1. The third-order valence-corrected chi connectivity index (χ3v) is 6.58. The Hall–Kier alpha value is -2.77. The van der Waals surface area contributed by atoms with Crippen molar-refractivity contribution in [2.75, 3.05) is 16.8 Å². The Kier molecular flexibility index (Phi) is 6.48. The Morgan fingerprint density at radius 3 is 2.61 bits per heavy atom. The summed E-state index contributed by atoms with van der Waals surface area (Å²) in [6.45, 7) is 13.8. The smallest absolute Gasteiger partial charge is 0.266 e. The van der Waals surface area contributed by atoms with Crippen LogP contribution in [0.4, 0.5) is 11.4 Å². The largest absolute Gasteiger partial charge is 0.366 e. The fourth-order valence-corrected chi connectivity index (χ4v) is 4.76. The van der Waals surface area contributed by atoms with Crippen LogP contribution >= 0.6 is 11.6 Å². The molecular weight excluding hydrogens is 406 g/mol. The highest BCUT2D eigenvalue weighted by Gasteiger charge is 2.35. The molecule has 0 fully saturated rings. The van der Waals surface area contributed by atoms with Gasteiger partial charge in [-0.15, -0.1) is 0 Å². The van der Waals surface area contributed by atoms with Gasteiger partial charge in [0.15, 0.2) is 0 Å². The number of hydrogen-bond donors (Lipinski definition) is 1. The number of nitrogens with zero attached hydrogens (tertiary/aromatic N) is 2. The summed E-state index contributed by atoms with van der Waals surface area (Å²) >= 11 is 6.62.